The summed E-state index contributed by atoms with van der Waals surface area (Å²) in [5, 5.41) is 2.70. The van der Waals surface area contributed by atoms with E-state index in [4.69, 9.17) is 5.73 Å². The molecular formula is C8H17N3O2S. The smallest absolute Gasteiger partial charge is 0.317 e. The van der Waals surface area contributed by atoms with E-state index in [-0.39, 0.29) is 12.1 Å². The van der Waals surface area contributed by atoms with Crippen molar-refractivity contribution in [2.75, 3.05) is 31.1 Å². The number of hydrogen-bond donors (Lipinski definition) is 2. The van der Waals surface area contributed by atoms with Gasteiger partial charge in [0.1, 0.15) is 0 Å². The van der Waals surface area contributed by atoms with Crippen molar-refractivity contribution in [1.82, 2.24) is 10.2 Å². The fourth-order valence-electron chi connectivity index (χ4n) is 1.31. The lowest BCUT2D eigenvalue weighted by atomic mass is 10.4. The molecule has 0 radical (unpaired) electrons. The highest BCUT2D eigenvalue weighted by molar-refractivity contribution is 7.85. The molecule has 0 aromatic heterocycles. The maximum atomic E-state index is 11.4. The maximum absolute atomic E-state index is 11.4. The molecular weight excluding hydrogens is 202 g/mol. The van der Waals surface area contributed by atoms with Gasteiger partial charge in [-0.2, -0.15) is 0 Å². The van der Waals surface area contributed by atoms with Crippen LogP contribution in [-0.2, 0) is 10.8 Å². The van der Waals surface area contributed by atoms with Gasteiger partial charge < -0.3 is 16.0 Å². The van der Waals surface area contributed by atoms with E-state index in [2.05, 4.69) is 5.32 Å². The van der Waals surface area contributed by atoms with Crippen molar-refractivity contribution >= 4 is 16.8 Å². The van der Waals surface area contributed by atoms with E-state index in [1.54, 1.807) is 4.90 Å². The third kappa shape index (κ3) is 3.63. The van der Waals surface area contributed by atoms with Gasteiger partial charge in [-0.05, 0) is 6.92 Å². The number of nitrogens with one attached hydrogen (secondary N) is 1. The molecule has 0 bridgehead atoms. The zero-order valence-corrected chi connectivity index (χ0v) is 9.18. The first-order valence-electron chi connectivity index (χ1n) is 4.73. The summed E-state index contributed by atoms with van der Waals surface area (Å²) >= 11 is 0. The Morgan fingerprint density at radius 1 is 1.71 bits per heavy atom. The first kappa shape index (κ1) is 11.5. The second-order valence-corrected chi connectivity index (χ2v) is 5.13. The monoisotopic (exact) mass is 219 g/mol. The number of hydrogen-bond acceptors (Lipinski definition) is 3. The number of nitrogens with zero attached hydrogens (tertiary/aromatic N) is 1. The molecule has 5 nitrogen and oxygen atoms in total. The molecule has 1 saturated heterocycles. The fraction of sp³-hybridized carbons (Fsp3) is 0.875. The number of carbonyl (C=O) groups is 1. The highest BCUT2D eigenvalue weighted by Crippen LogP contribution is 1.97. The second-order valence-electron chi connectivity index (χ2n) is 3.51. The Hall–Kier alpha value is -0.620. The molecule has 1 heterocycles. The normalized spacial score (nSPS) is 20.7. The molecule has 0 aromatic carbocycles. The summed E-state index contributed by atoms with van der Waals surface area (Å²) < 4.78 is 11.4. The van der Waals surface area contributed by atoms with Crippen LogP contribution in [0.15, 0.2) is 0 Å². The number of rotatable bonds is 5. The second kappa shape index (κ2) is 5.31. The summed E-state index contributed by atoms with van der Waals surface area (Å²) in [6.07, 6.45) is 0. The minimum atomic E-state index is -0.908. The third-order valence-corrected chi connectivity index (χ3v) is 3.52. The van der Waals surface area contributed by atoms with Crippen LogP contribution in [0.1, 0.15) is 6.92 Å². The van der Waals surface area contributed by atoms with Crippen LogP contribution in [0.4, 0.5) is 4.79 Å². The van der Waals surface area contributed by atoms with E-state index < -0.39 is 10.8 Å². The lowest BCUT2D eigenvalue weighted by molar-refractivity contribution is 0.220. The predicted molar refractivity (Wildman–Crippen MR) is 56.5 cm³/mol. The van der Waals surface area contributed by atoms with E-state index in [1.165, 1.54) is 0 Å². The van der Waals surface area contributed by atoms with Gasteiger partial charge in [0.25, 0.3) is 0 Å². The predicted octanol–water partition coefficient (Wildman–Crippen LogP) is -0.892. The Kier molecular flexibility index (Phi) is 4.34. The quantitative estimate of drug-likeness (QED) is 0.629. The van der Waals surface area contributed by atoms with Gasteiger partial charge >= 0.3 is 6.03 Å². The minimum Gasteiger partial charge on any atom is -0.336 e. The van der Waals surface area contributed by atoms with E-state index >= 15 is 0 Å². The standard InChI is InChI=1S/C8H17N3O2S/c1-7(9)6-14(13)5-4-11-3-2-10-8(11)12/h7H,2-6,9H2,1H3,(H,10,12). The van der Waals surface area contributed by atoms with Crippen LogP contribution < -0.4 is 11.1 Å². The molecule has 1 aliphatic heterocycles. The van der Waals surface area contributed by atoms with Gasteiger partial charge in [-0.15, -0.1) is 0 Å². The van der Waals surface area contributed by atoms with Gasteiger partial charge in [-0.3, -0.25) is 4.21 Å². The molecule has 82 valence electrons. The molecule has 2 unspecified atom stereocenters. The summed E-state index contributed by atoms with van der Waals surface area (Å²) in [6.45, 7) is 3.80. The minimum absolute atomic E-state index is 0.0387. The van der Waals surface area contributed by atoms with Gasteiger partial charge in [0.15, 0.2) is 0 Å². The Balaban J connectivity index is 2.19. The van der Waals surface area contributed by atoms with E-state index in [0.717, 1.165) is 0 Å². The van der Waals surface area contributed by atoms with Crippen LogP contribution in [0.5, 0.6) is 0 Å². The van der Waals surface area contributed by atoms with E-state index in [0.29, 0.717) is 31.1 Å². The summed E-state index contributed by atoms with van der Waals surface area (Å²) in [4.78, 5) is 12.8. The molecule has 14 heavy (non-hydrogen) atoms. The molecule has 1 rings (SSSR count). The number of amides is 2. The van der Waals surface area contributed by atoms with Crippen LogP contribution >= 0.6 is 0 Å². The van der Waals surface area contributed by atoms with Crippen molar-refractivity contribution in [2.45, 2.75) is 13.0 Å². The summed E-state index contributed by atoms with van der Waals surface area (Å²) in [5.74, 6) is 1.03. The molecule has 1 fully saturated rings. The van der Waals surface area contributed by atoms with Crippen LogP contribution in [0.25, 0.3) is 0 Å². The van der Waals surface area contributed by atoms with Crippen molar-refractivity contribution in [3.8, 4) is 0 Å². The van der Waals surface area contributed by atoms with E-state index in [9.17, 15) is 9.00 Å². The van der Waals surface area contributed by atoms with Gasteiger partial charge in [0, 0.05) is 48.0 Å². The van der Waals surface area contributed by atoms with Crippen molar-refractivity contribution in [3.05, 3.63) is 0 Å². The lowest BCUT2D eigenvalue weighted by Crippen LogP contribution is -2.33. The third-order valence-electron chi connectivity index (χ3n) is 1.98. The lowest BCUT2D eigenvalue weighted by Gasteiger charge is -2.13. The highest BCUT2D eigenvalue weighted by Gasteiger charge is 2.19. The fourth-order valence-corrected chi connectivity index (χ4v) is 2.49. The van der Waals surface area contributed by atoms with Crippen molar-refractivity contribution in [3.63, 3.8) is 0 Å². The molecule has 3 N–H and O–H groups in total. The molecule has 1 aliphatic rings. The molecule has 0 aliphatic carbocycles. The van der Waals surface area contributed by atoms with Gasteiger partial charge in [-0.25, -0.2) is 4.79 Å². The van der Waals surface area contributed by atoms with Crippen molar-refractivity contribution < 1.29 is 9.00 Å². The zero-order chi connectivity index (χ0) is 10.6. The van der Waals surface area contributed by atoms with E-state index in [1.807, 2.05) is 6.92 Å². The number of carbonyl (C=O) groups excluding carboxylic acids is 1. The highest BCUT2D eigenvalue weighted by atomic mass is 32.2. The zero-order valence-electron chi connectivity index (χ0n) is 8.36. The summed E-state index contributed by atoms with van der Waals surface area (Å²) in [5.41, 5.74) is 5.52. The average Bonchev–Trinajstić information content (AvgIpc) is 2.46. The Labute approximate surface area is 86.5 Å². The Bertz CT molecular complexity index is 233. The molecule has 6 heteroatoms. The molecule has 0 aromatic rings. The van der Waals surface area contributed by atoms with Crippen molar-refractivity contribution in [1.29, 1.82) is 0 Å². The maximum Gasteiger partial charge on any atom is 0.317 e. The molecule has 0 spiro atoms. The summed E-state index contributed by atoms with van der Waals surface area (Å²) in [7, 11) is -0.908. The Morgan fingerprint density at radius 3 is 2.93 bits per heavy atom. The topological polar surface area (TPSA) is 75.4 Å². The number of urea groups is 1. The van der Waals surface area contributed by atoms with Crippen LogP contribution in [0.3, 0.4) is 0 Å². The molecule has 0 saturated carbocycles. The van der Waals surface area contributed by atoms with Gasteiger partial charge in [0.2, 0.25) is 0 Å². The number of nitrogens with two attached hydrogens (primary N) is 1. The summed E-state index contributed by atoms with van der Waals surface area (Å²) in [6, 6.07) is -0.0916. The van der Waals surface area contributed by atoms with Gasteiger partial charge in [0.05, 0.1) is 0 Å². The average molecular weight is 219 g/mol. The van der Waals surface area contributed by atoms with Crippen LogP contribution in [0, 0.1) is 0 Å². The largest absolute Gasteiger partial charge is 0.336 e. The van der Waals surface area contributed by atoms with Gasteiger partial charge in [-0.1, -0.05) is 0 Å². The van der Waals surface area contributed by atoms with Crippen LogP contribution in [-0.4, -0.2) is 52.3 Å². The van der Waals surface area contributed by atoms with Crippen LogP contribution in [0.2, 0.25) is 0 Å². The molecule has 2 atom stereocenters. The first-order chi connectivity index (χ1) is 6.59. The Morgan fingerprint density at radius 2 is 2.43 bits per heavy atom. The van der Waals surface area contributed by atoms with Crippen molar-refractivity contribution in [2.24, 2.45) is 5.73 Å². The SMILES string of the molecule is CC(N)CS(=O)CCN1CCNC1=O. The first-order valence-corrected chi connectivity index (χ1v) is 6.21. The molecule has 2 amide bonds.